The average molecular weight is 217 g/mol. The van der Waals surface area contributed by atoms with E-state index in [0.29, 0.717) is 16.7 Å². The molecule has 0 aliphatic heterocycles. The lowest BCUT2D eigenvalue weighted by atomic mass is 10.1. The first-order valence-corrected chi connectivity index (χ1v) is 5.25. The monoisotopic (exact) mass is 217 g/mol. The van der Waals surface area contributed by atoms with E-state index >= 15 is 0 Å². The van der Waals surface area contributed by atoms with Gasteiger partial charge in [0, 0.05) is 10.9 Å². The van der Waals surface area contributed by atoms with Gasteiger partial charge in [-0.05, 0) is 31.0 Å². The highest BCUT2D eigenvalue weighted by Gasteiger charge is 2.05. The summed E-state index contributed by atoms with van der Waals surface area (Å²) in [7, 11) is 0. The van der Waals surface area contributed by atoms with Gasteiger partial charge in [-0.3, -0.25) is 0 Å². The van der Waals surface area contributed by atoms with Crippen LogP contribution in [0.25, 0.3) is 0 Å². The smallest absolute Gasteiger partial charge is 0.288 e. The summed E-state index contributed by atoms with van der Waals surface area (Å²) in [6.07, 6.45) is 0.777. The minimum absolute atomic E-state index is 0.101. The molecule has 78 valence electrons. The van der Waals surface area contributed by atoms with E-state index < -0.39 is 5.76 Å². The number of hydrogen-bond acceptors (Lipinski definition) is 2. The zero-order valence-corrected chi connectivity index (χ0v) is 8.73. The third-order valence-electron chi connectivity index (χ3n) is 1.71. The van der Waals surface area contributed by atoms with E-state index in [4.69, 9.17) is 5.73 Å². The summed E-state index contributed by atoms with van der Waals surface area (Å²) in [5.74, 6) is -2.35. The molecule has 0 bridgehead atoms. The highest BCUT2D eigenvalue weighted by atomic mass is 32.2. The van der Waals surface area contributed by atoms with E-state index in [0.717, 1.165) is 12.0 Å². The van der Waals surface area contributed by atoms with Crippen molar-refractivity contribution in [2.24, 2.45) is 5.73 Å². The normalized spacial score (nSPS) is 13.2. The van der Waals surface area contributed by atoms with Crippen LogP contribution in [0.4, 0.5) is 8.78 Å². The van der Waals surface area contributed by atoms with Crippen molar-refractivity contribution in [3.63, 3.8) is 0 Å². The van der Waals surface area contributed by atoms with E-state index in [1.165, 1.54) is 0 Å². The molecule has 0 saturated carbocycles. The SMILES string of the molecule is CC(N)Cc1ccc(SC(F)F)cc1. The molecule has 1 rings (SSSR count). The van der Waals surface area contributed by atoms with Crippen molar-refractivity contribution in [1.82, 2.24) is 0 Å². The molecule has 1 unspecified atom stereocenters. The third-order valence-corrected chi connectivity index (χ3v) is 2.43. The Morgan fingerprint density at radius 2 is 1.86 bits per heavy atom. The largest absolute Gasteiger partial charge is 0.328 e. The second-order valence-corrected chi connectivity index (χ2v) is 4.27. The Labute approximate surface area is 86.7 Å². The maximum absolute atomic E-state index is 12.0. The van der Waals surface area contributed by atoms with E-state index in [2.05, 4.69) is 0 Å². The van der Waals surface area contributed by atoms with Crippen molar-refractivity contribution in [3.05, 3.63) is 29.8 Å². The number of hydrogen-bond donors (Lipinski definition) is 1. The zero-order chi connectivity index (χ0) is 10.6. The van der Waals surface area contributed by atoms with Crippen LogP contribution in [-0.4, -0.2) is 11.8 Å². The summed E-state index contributed by atoms with van der Waals surface area (Å²) in [6, 6.07) is 7.19. The Kier molecular flexibility index (Phi) is 4.35. The maximum Gasteiger partial charge on any atom is 0.288 e. The lowest BCUT2D eigenvalue weighted by molar-refractivity contribution is 0.252. The quantitative estimate of drug-likeness (QED) is 0.785. The molecule has 1 nitrogen and oxygen atoms in total. The summed E-state index contributed by atoms with van der Waals surface area (Å²) in [5.41, 5.74) is 6.70. The van der Waals surface area contributed by atoms with Gasteiger partial charge in [0.1, 0.15) is 0 Å². The third kappa shape index (κ3) is 4.07. The molecule has 0 saturated heterocycles. The number of nitrogens with two attached hydrogens (primary N) is 1. The van der Waals surface area contributed by atoms with Crippen LogP contribution in [-0.2, 0) is 6.42 Å². The standard InChI is InChI=1S/C10H13F2NS/c1-7(13)6-8-2-4-9(5-3-8)14-10(11)12/h2-5,7,10H,6,13H2,1H3. The molecule has 0 aromatic heterocycles. The molecular weight excluding hydrogens is 204 g/mol. The number of alkyl halides is 2. The van der Waals surface area contributed by atoms with E-state index in [-0.39, 0.29) is 6.04 Å². The fourth-order valence-electron chi connectivity index (χ4n) is 1.18. The van der Waals surface area contributed by atoms with Gasteiger partial charge in [-0.15, -0.1) is 0 Å². The fraction of sp³-hybridized carbons (Fsp3) is 0.400. The predicted molar refractivity (Wildman–Crippen MR) is 55.7 cm³/mol. The van der Waals surface area contributed by atoms with Crippen LogP contribution in [0.1, 0.15) is 12.5 Å². The van der Waals surface area contributed by atoms with Crippen LogP contribution in [0.3, 0.4) is 0 Å². The molecule has 1 aromatic carbocycles. The van der Waals surface area contributed by atoms with Gasteiger partial charge < -0.3 is 5.73 Å². The van der Waals surface area contributed by atoms with Gasteiger partial charge in [0.05, 0.1) is 0 Å². The lowest BCUT2D eigenvalue weighted by Gasteiger charge is -2.05. The molecule has 1 aromatic rings. The van der Waals surface area contributed by atoms with Crippen LogP contribution in [0.15, 0.2) is 29.2 Å². The molecule has 0 spiro atoms. The molecule has 0 amide bonds. The molecule has 4 heteroatoms. The Morgan fingerprint density at radius 1 is 1.29 bits per heavy atom. The van der Waals surface area contributed by atoms with E-state index in [1.54, 1.807) is 12.1 Å². The first-order chi connectivity index (χ1) is 6.58. The second-order valence-electron chi connectivity index (χ2n) is 3.20. The Bertz CT molecular complexity index is 243. The minimum Gasteiger partial charge on any atom is -0.328 e. The first-order valence-electron chi connectivity index (χ1n) is 4.37. The van der Waals surface area contributed by atoms with Crippen molar-refractivity contribution >= 4 is 11.8 Å². The van der Waals surface area contributed by atoms with Crippen molar-refractivity contribution in [2.45, 2.75) is 30.0 Å². The summed E-state index contributed by atoms with van der Waals surface area (Å²) in [5, 5.41) is 0. The van der Waals surface area contributed by atoms with Crippen LogP contribution in [0.5, 0.6) is 0 Å². The average Bonchev–Trinajstić information content (AvgIpc) is 2.06. The highest BCUT2D eigenvalue weighted by molar-refractivity contribution is 7.99. The molecule has 2 N–H and O–H groups in total. The molecule has 0 heterocycles. The van der Waals surface area contributed by atoms with Crippen LogP contribution < -0.4 is 5.73 Å². The maximum atomic E-state index is 12.0. The van der Waals surface area contributed by atoms with Crippen molar-refractivity contribution in [1.29, 1.82) is 0 Å². The Balaban J connectivity index is 2.59. The molecule has 0 radical (unpaired) electrons. The van der Waals surface area contributed by atoms with E-state index in [9.17, 15) is 8.78 Å². The molecule has 14 heavy (non-hydrogen) atoms. The molecule has 0 fully saturated rings. The minimum atomic E-state index is -2.35. The van der Waals surface area contributed by atoms with Crippen molar-refractivity contribution in [2.75, 3.05) is 0 Å². The first kappa shape index (κ1) is 11.5. The second kappa shape index (κ2) is 5.32. The van der Waals surface area contributed by atoms with Crippen LogP contribution in [0, 0.1) is 0 Å². The topological polar surface area (TPSA) is 26.0 Å². The predicted octanol–water partition coefficient (Wildman–Crippen LogP) is 2.89. The summed E-state index contributed by atoms with van der Waals surface area (Å²) in [4.78, 5) is 0.591. The molecule has 1 atom stereocenters. The van der Waals surface area contributed by atoms with Gasteiger partial charge >= 0.3 is 0 Å². The highest BCUT2D eigenvalue weighted by Crippen LogP contribution is 2.25. The fourth-order valence-corrected chi connectivity index (χ4v) is 1.68. The number of rotatable bonds is 4. The van der Waals surface area contributed by atoms with Gasteiger partial charge in [-0.1, -0.05) is 23.9 Å². The van der Waals surface area contributed by atoms with Crippen molar-refractivity contribution in [3.8, 4) is 0 Å². The zero-order valence-electron chi connectivity index (χ0n) is 7.91. The molecule has 0 aliphatic carbocycles. The lowest BCUT2D eigenvalue weighted by Crippen LogP contribution is -2.17. The van der Waals surface area contributed by atoms with Gasteiger partial charge in [-0.25, -0.2) is 0 Å². The summed E-state index contributed by atoms with van der Waals surface area (Å²) in [6.45, 7) is 1.92. The summed E-state index contributed by atoms with van der Waals surface area (Å²) >= 11 is 0.561. The summed E-state index contributed by atoms with van der Waals surface area (Å²) < 4.78 is 23.9. The van der Waals surface area contributed by atoms with Gasteiger partial charge in [0.2, 0.25) is 0 Å². The Hall–Kier alpha value is -0.610. The number of halogens is 2. The Morgan fingerprint density at radius 3 is 2.29 bits per heavy atom. The van der Waals surface area contributed by atoms with Gasteiger partial charge in [0.15, 0.2) is 0 Å². The van der Waals surface area contributed by atoms with Crippen molar-refractivity contribution < 1.29 is 8.78 Å². The van der Waals surface area contributed by atoms with Gasteiger partial charge in [-0.2, -0.15) is 8.78 Å². The van der Waals surface area contributed by atoms with Gasteiger partial charge in [0.25, 0.3) is 5.76 Å². The molecular formula is C10H13F2NS. The van der Waals surface area contributed by atoms with E-state index in [1.807, 2.05) is 19.1 Å². The van der Waals surface area contributed by atoms with Crippen LogP contribution >= 0.6 is 11.8 Å². The number of thioether (sulfide) groups is 1. The van der Waals surface area contributed by atoms with Crippen LogP contribution in [0.2, 0.25) is 0 Å². The number of benzene rings is 1. The molecule has 0 aliphatic rings.